The number of aliphatic hydroxyl groups excluding tert-OH is 1. The molecule has 1 unspecified atom stereocenters. The summed E-state index contributed by atoms with van der Waals surface area (Å²) in [7, 11) is 0. The minimum atomic E-state index is -0.116. The number of aliphatic hydroxyl groups is 1. The Labute approximate surface area is 51.5 Å². The van der Waals surface area contributed by atoms with Crippen LogP contribution in [0.5, 0.6) is 0 Å². The third-order valence-corrected chi connectivity index (χ3v) is 0.591. The van der Waals surface area contributed by atoms with Crippen LogP contribution in [-0.4, -0.2) is 11.2 Å². The van der Waals surface area contributed by atoms with Crippen molar-refractivity contribution >= 4 is 0 Å². The second-order valence-electron chi connectivity index (χ2n) is 1.26. The van der Waals surface area contributed by atoms with Crippen molar-refractivity contribution in [1.29, 1.82) is 0 Å². The molecular weight excluding hydrogens is 129 g/mol. The average Bonchev–Trinajstić information content (AvgIpc) is 1.38. The molecule has 0 saturated heterocycles. The molecule has 0 aliphatic heterocycles. The summed E-state index contributed by atoms with van der Waals surface area (Å²) in [6, 6.07) is 0. The van der Waals surface area contributed by atoms with E-state index in [1.807, 2.05) is 6.92 Å². The van der Waals surface area contributed by atoms with Gasteiger partial charge in [-0.1, -0.05) is 6.92 Å². The van der Waals surface area contributed by atoms with E-state index in [1.54, 1.807) is 6.92 Å². The zero-order chi connectivity index (χ0) is 4.28. The van der Waals surface area contributed by atoms with Crippen molar-refractivity contribution in [2.75, 3.05) is 0 Å². The van der Waals surface area contributed by atoms with E-state index >= 15 is 0 Å². The van der Waals surface area contributed by atoms with Gasteiger partial charge in [-0.25, -0.2) is 0 Å². The summed E-state index contributed by atoms with van der Waals surface area (Å²) in [5.41, 5.74) is 0. The van der Waals surface area contributed by atoms with Crippen LogP contribution in [0, 0.1) is 0 Å². The van der Waals surface area contributed by atoms with E-state index in [0.717, 1.165) is 6.42 Å². The third-order valence-electron chi connectivity index (χ3n) is 0.591. The van der Waals surface area contributed by atoms with Crippen molar-refractivity contribution in [1.82, 2.24) is 0 Å². The van der Waals surface area contributed by atoms with Crippen LogP contribution in [0.1, 0.15) is 20.3 Å². The van der Waals surface area contributed by atoms with Gasteiger partial charge in [0.05, 0.1) is 6.10 Å². The molecule has 1 N–H and O–H groups in total. The van der Waals surface area contributed by atoms with Gasteiger partial charge in [0.1, 0.15) is 0 Å². The SMILES string of the molecule is CCC(C)O.[Zn]. The summed E-state index contributed by atoms with van der Waals surface area (Å²) in [4.78, 5) is 0. The topological polar surface area (TPSA) is 20.2 Å². The predicted octanol–water partition coefficient (Wildman–Crippen LogP) is 0.775. The van der Waals surface area contributed by atoms with Gasteiger partial charge in [0.25, 0.3) is 0 Å². The molecule has 0 spiro atoms. The van der Waals surface area contributed by atoms with Crippen LogP contribution in [0.2, 0.25) is 0 Å². The molecule has 1 atom stereocenters. The maximum atomic E-state index is 8.36. The monoisotopic (exact) mass is 138 g/mol. The van der Waals surface area contributed by atoms with Gasteiger partial charge in [0.15, 0.2) is 0 Å². The van der Waals surface area contributed by atoms with Crippen molar-refractivity contribution < 1.29 is 24.6 Å². The van der Waals surface area contributed by atoms with E-state index < -0.39 is 0 Å². The van der Waals surface area contributed by atoms with Gasteiger partial charge in [0, 0.05) is 19.5 Å². The molecule has 0 fully saturated rings. The second kappa shape index (κ2) is 5.58. The van der Waals surface area contributed by atoms with Gasteiger partial charge in [-0.3, -0.25) is 0 Å². The van der Waals surface area contributed by atoms with E-state index in [1.165, 1.54) is 0 Å². The minimum Gasteiger partial charge on any atom is -0.393 e. The Morgan fingerprint density at radius 3 is 1.83 bits per heavy atom. The molecular formula is C4H10OZn. The van der Waals surface area contributed by atoms with Gasteiger partial charge in [-0.2, -0.15) is 0 Å². The largest absolute Gasteiger partial charge is 0.393 e. The van der Waals surface area contributed by atoms with Crippen LogP contribution in [0.4, 0.5) is 0 Å². The van der Waals surface area contributed by atoms with E-state index in [0.29, 0.717) is 0 Å². The normalized spacial score (nSPS) is 12.5. The number of hydrogen-bond donors (Lipinski definition) is 1. The summed E-state index contributed by atoms with van der Waals surface area (Å²) >= 11 is 0. The average molecular weight is 140 g/mol. The van der Waals surface area contributed by atoms with Crippen LogP contribution >= 0.6 is 0 Å². The first-order valence-corrected chi connectivity index (χ1v) is 1.95. The fourth-order valence-electron chi connectivity index (χ4n) is 0. The summed E-state index contributed by atoms with van der Waals surface area (Å²) in [6.07, 6.45) is 0.745. The molecule has 6 heavy (non-hydrogen) atoms. The van der Waals surface area contributed by atoms with E-state index in [2.05, 4.69) is 0 Å². The minimum absolute atomic E-state index is 0. The van der Waals surface area contributed by atoms with Crippen molar-refractivity contribution in [3.63, 3.8) is 0 Å². The van der Waals surface area contributed by atoms with Crippen LogP contribution in [0.15, 0.2) is 0 Å². The first kappa shape index (κ1) is 9.77. The molecule has 0 aromatic rings. The van der Waals surface area contributed by atoms with Crippen molar-refractivity contribution in [3.05, 3.63) is 0 Å². The standard InChI is InChI=1S/C4H10O.Zn/c1-3-4(2)5;/h4-5H,3H2,1-2H3;. The van der Waals surface area contributed by atoms with E-state index in [4.69, 9.17) is 5.11 Å². The summed E-state index contributed by atoms with van der Waals surface area (Å²) < 4.78 is 0. The van der Waals surface area contributed by atoms with Gasteiger partial charge in [0.2, 0.25) is 0 Å². The summed E-state index contributed by atoms with van der Waals surface area (Å²) in [6.45, 7) is 3.73. The molecule has 0 radical (unpaired) electrons. The van der Waals surface area contributed by atoms with Crippen LogP contribution < -0.4 is 0 Å². The Morgan fingerprint density at radius 2 is 1.83 bits per heavy atom. The van der Waals surface area contributed by atoms with Crippen molar-refractivity contribution in [3.8, 4) is 0 Å². The van der Waals surface area contributed by atoms with Gasteiger partial charge < -0.3 is 5.11 Å². The molecule has 0 bridgehead atoms. The molecule has 0 aliphatic carbocycles. The molecule has 0 amide bonds. The second-order valence-corrected chi connectivity index (χ2v) is 1.26. The number of rotatable bonds is 1. The Hall–Kier alpha value is 0.583. The molecule has 0 rings (SSSR count). The Balaban J connectivity index is 0. The molecule has 0 aliphatic rings. The van der Waals surface area contributed by atoms with Gasteiger partial charge >= 0.3 is 0 Å². The fourth-order valence-corrected chi connectivity index (χ4v) is 0. The maximum Gasteiger partial charge on any atom is 0.0509 e. The molecule has 2 heteroatoms. The summed E-state index contributed by atoms with van der Waals surface area (Å²) in [5.74, 6) is 0. The fraction of sp³-hybridized carbons (Fsp3) is 1.00. The molecule has 34 valence electrons. The third kappa shape index (κ3) is 8.82. The first-order valence-electron chi connectivity index (χ1n) is 1.95. The smallest absolute Gasteiger partial charge is 0.0509 e. The van der Waals surface area contributed by atoms with Gasteiger partial charge in [-0.15, -0.1) is 0 Å². The van der Waals surface area contributed by atoms with Crippen LogP contribution in [-0.2, 0) is 19.5 Å². The van der Waals surface area contributed by atoms with Crippen molar-refractivity contribution in [2.24, 2.45) is 0 Å². The Morgan fingerprint density at radius 1 is 1.67 bits per heavy atom. The molecule has 1 nitrogen and oxygen atoms in total. The molecule has 0 saturated carbocycles. The number of hydrogen-bond acceptors (Lipinski definition) is 1. The molecule has 0 heterocycles. The molecule has 0 aromatic heterocycles. The van der Waals surface area contributed by atoms with Crippen LogP contribution in [0.25, 0.3) is 0 Å². The van der Waals surface area contributed by atoms with E-state index in [-0.39, 0.29) is 25.6 Å². The zero-order valence-electron chi connectivity index (χ0n) is 4.44. The quantitative estimate of drug-likeness (QED) is 0.532. The van der Waals surface area contributed by atoms with Crippen LogP contribution in [0.3, 0.4) is 0 Å². The predicted molar refractivity (Wildman–Crippen MR) is 22.0 cm³/mol. The van der Waals surface area contributed by atoms with Gasteiger partial charge in [-0.05, 0) is 13.3 Å². The Bertz CT molecular complexity index is 21.5. The summed E-state index contributed by atoms with van der Waals surface area (Å²) in [5, 5.41) is 8.36. The zero-order valence-corrected chi connectivity index (χ0v) is 7.41. The maximum absolute atomic E-state index is 8.36. The first-order chi connectivity index (χ1) is 2.27. The Kier molecular flexibility index (Phi) is 9.09. The van der Waals surface area contributed by atoms with E-state index in [9.17, 15) is 0 Å². The van der Waals surface area contributed by atoms with Crippen molar-refractivity contribution in [2.45, 2.75) is 26.4 Å². The molecule has 0 aromatic carbocycles.